The molecule has 5 atom stereocenters. The summed E-state index contributed by atoms with van der Waals surface area (Å²) < 4.78 is 6.43. The van der Waals surface area contributed by atoms with Gasteiger partial charge in [-0.3, -0.25) is 14.4 Å². The molecule has 3 aliphatic heterocycles. The third kappa shape index (κ3) is 4.91. The van der Waals surface area contributed by atoms with Crippen LogP contribution in [-0.2, 0) is 25.5 Å². The van der Waals surface area contributed by atoms with E-state index in [2.05, 4.69) is 10.6 Å². The van der Waals surface area contributed by atoms with Gasteiger partial charge in [-0.1, -0.05) is 84.4 Å². The van der Waals surface area contributed by atoms with Crippen LogP contribution in [0, 0.1) is 11.8 Å². The van der Waals surface area contributed by atoms with E-state index in [-0.39, 0.29) is 30.3 Å². The molecule has 4 aliphatic rings. The maximum atomic E-state index is 14.1. The summed E-state index contributed by atoms with van der Waals surface area (Å²) in [6, 6.07) is 11.4. The first-order chi connectivity index (χ1) is 19.3. The van der Waals surface area contributed by atoms with Crippen LogP contribution in [0.5, 0.6) is 0 Å². The predicted molar refractivity (Wildman–Crippen MR) is 154 cm³/mol. The minimum absolute atomic E-state index is 0.0616. The number of ether oxygens (including phenoxy) is 1. The van der Waals surface area contributed by atoms with Crippen LogP contribution in [0.3, 0.4) is 0 Å². The van der Waals surface area contributed by atoms with E-state index in [1.165, 1.54) is 0 Å². The average Bonchev–Trinajstić information content (AvgIpc) is 3.55. The summed E-state index contributed by atoms with van der Waals surface area (Å²) in [5.41, 5.74) is 0.0800. The van der Waals surface area contributed by atoms with Crippen molar-refractivity contribution in [3.63, 3.8) is 0 Å². The molecule has 0 aromatic heterocycles. The molecule has 1 saturated carbocycles. The largest absolute Gasteiger partial charge is 0.359 e. The molecule has 2 saturated heterocycles. The molecule has 10 heteroatoms. The number of rotatable bonds is 7. The predicted octanol–water partition coefficient (Wildman–Crippen LogP) is 5.43. The fraction of sp³-hybridized carbons (Fsp3) is 0.433. The summed E-state index contributed by atoms with van der Waals surface area (Å²) >= 11 is 18.7. The molecule has 6 rings (SSSR count). The highest BCUT2D eigenvalue weighted by Gasteiger charge is 2.72. The fourth-order valence-corrected chi connectivity index (χ4v) is 7.58. The number of anilines is 1. The van der Waals surface area contributed by atoms with Crippen LogP contribution in [0.1, 0.15) is 37.7 Å². The fourth-order valence-electron chi connectivity index (χ4n) is 6.83. The second-order valence-electron chi connectivity index (χ2n) is 11.1. The quantitative estimate of drug-likeness (QED) is 0.414. The van der Waals surface area contributed by atoms with Gasteiger partial charge >= 0.3 is 0 Å². The van der Waals surface area contributed by atoms with Gasteiger partial charge in [0.2, 0.25) is 17.7 Å². The van der Waals surface area contributed by atoms with Gasteiger partial charge in [-0.25, -0.2) is 0 Å². The molecular weight excluding hydrogens is 573 g/mol. The van der Waals surface area contributed by atoms with Crippen LogP contribution < -0.4 is 10.6 Å². The Bertz CT molecular complexity index is 1360. The zero-order valence-electron chi connectivity index (χ0n) is 21.7. The van der Waals surface area contributed by atoms with Gasteiger partial charge in [-0.2, -0.15) is 0 Å². The van der Waals surface area contributed by atoms with Gasteiger partial charge in [0.25, 0.3) is 0 Å². The summed E-state index contributed by atoms with van der Waals surface area (Å²) in [6.07, 6.45) is 8.57. The standard InChI is InChI=1S/C30H30Cl3N3O4/c31-18-14-19(32)16-21(15-18)35-27(37)24-23-10-12-30(40-23)25(24)29(39)36(13-11-17-6-4-5-9-22(17)33)26(30)28(38)34-20-7-2-1-3-8-20/h4-6,9-10,12,14-16,20,23-26H,1-3,7-8,11,13H2,(H,34,38)(H,35,37)/t23-,24-,25-,26-,30-/m0/s1. The lowest BCUT2D eigenvalue weighted by Crippen LogP contribution is -2.56. The first kappa shape index (κ1) is 27.6. The molecule has 1 aliphatic carbocycles. The third-order valence-corrected chi connectivity index (χ3v) is 9.39. The number of nitrogens with zero attached hydrogens (tertiary/aromatic N) is 1. The number of hydrogen-bond acceptors (Lipinski definition) is 4. The molecule has 2 N–H and O–H groups in total. The first-order valence-corrected chi connectivity index (χ1v) is 14.9. The highest BCUT2D eigenvalue weighted by atomic mass is 35.5. The van der Waals surface area contributed by atoms with E-state index in [0.717, 1.165) is 37.7 Å². The Balaban J connectivity index is 1.30. The van der Waals surface area contributed by atoms with Gasteiger partial charge in [0.05, 0.1) is 17.9 Å². The monoisotopic (exact) mass is 601 g/mol. The van der Waals surface area contributed by atoms with Gasteiger partial charge in [-0.15, -0.1) is 0 Å². The number of fused-ring (bicyclic) bond motifs is 1. The smallest absolute Gasteiger partial charge is 0.246 e. The van der Waals surface area contributed by atoms with Crippen molar-refractivity contribution in [2.24, 2.45) is 11.8 Å². The van der Waals surface area contributed by atoms with E-state index in [1.807, 2.05) is 24.3 Å². The minimum Gasteiger partial charge on any atom is -0.359 e. The second kappa shape index (κ2) is 11.0. The Hall–Kier alpha value is -2.58. The zero-order valence-corrected chi connectivity index (χ0v) is 24.0. The molecular formula is C30H30Cl3N3O4. The number of carbonyl (C=O) groups is 3. The summed E-state index contributed by atoms with van der Waals surface area (Å²) in [5, 5.41) is 7.43. The number of likely N-dealkylation sites (tertiary alicyclic amines) is 1. The van der Waals surface area contributed by atoms with Crippen molar-refractivity contribution in [1.29, 1.82) is 0 Å². The van der Waals surface area contributed by atoms with Gasteiger partial charge in [0.1, 0.15) is 11.6 Å². The van der Waals surface area contributed by atoms with Gasteiger partial charge < -0.3 is 20.3 Å². The van der Waals surface area contributed by atoms with Gasteiger partial charge in [0.15, 0.2) is 0 Å². The molecule has 210 valence electrons. The van der Waals surface area contributed by atoms with E-state index in [0.29, 0.717) is 27.2 Å². The molecule has 2 aromatic carbocycles. The lowest BCUT2D eigenvalue weighted by molar-refractivity contribution is -0.141. The number of carbonyl (C=O) groups excluding carboxylic acids is 3. The summed E-state index contributed by atoms with van der Waals surface area (Å²) in [5.74, 6) is -2.55. The van der Waals surface area contributed by atoms with Crippen LogP contribution >= 0.6 is 34.8 Å². The van der Waals surface area contributed by atoms with Crippen LogP contribution in [0.2, 0.25) is 15.1 Å². The molecule has 3 heterocycles. The Labute approximate surface area is 248 Å². The number of nitrogens with one attached hydrogen (secondary N) is 2. The van der Waals surface area contributed by atoms with Crippen molar-refractivity contribution in [3.05, 3.63) is 75.2 Å². The topological polar surface area (TPSA) is 87.7 Å². The van der Waals surface area contributed by atoms with E-state index in [1.54, 1.807) is 35.2 Å². The molecule has 2 aromatic rings. The summed E-state index contributed by atoms with van der Waals surface area (Å²) in [6.45, 7) is 0.268. The Morgan fingerprint density at radius 3 is 2.45 bits per heavy atom. The average molecular weight is 603 g/mol. The molecule has 40 heavy (non-hydrogen) atoms. The van der Waals surface area contributed by atoms with Crippen molar-refractivity contribution in [2.75, 3.05) is 11.9 Å². The lowest BCUT2D eigenvalue weighted by Gasteiger charge is -2.34. The number of amides is 3. The molecule has 0 unspecified atom stereocenters. The van der Waals surface area contributed by atoms with Crippen molar-refractivity contribution in [3.8, 4) is 0 Å². The lowest BCUT2D eigenvalue weighted by atomic mass is 9.74. The highest BCUT2D eigenvalue weighted by molar-refractivity contribution is 6.35. The molecule has 0 radical (unpaired) electrons. The van der Waals surface area contributed by atoms with Crippen molar-refractivity contribution in [1.82, 2.24) is 10.2 Å². The van der Waals surface area contributed by atoms with Crippen LogP contribution in [-0.4, -0.2) is 53.0 Å². The zero-order chi connectivity index (χ0) is 28.0. The summed E-state index contributed by atoms with van der Waals surface area (Å²) in [4.78, 5) is 43.3. The van der Waals surface area contributed by atoms with Crippen LogP contribution in [0.25, 0.3) is 0 Å². The van der Waals surface area contributed by atoms with Crippen molar-refractivity contribution in [2.45, 2.75) is 62.3 Å². The molecule has 1 spiro atoms. The third-order valence-electron chi connectivity index (χ3n) is 8.59. The maximum Gasteiger partial charge on any atom is 0.246 e. The minimum atomic E-state index is -1.23. The van der Waals surface area contributed by atoms with Gasteiger partial charge in [-0.05, 0) is 49.1 Å². The Morgan fingerprint density at radius 1 is 1.00 bits per heavy atom. The number of benzene rings is 2. The van der Waals surface area contributed by atoms with Gasteiger partial charge in [0, 0.05) is 33.3 Å². The van der Waals surface area contributed by atoms with Crippen LogP contribution in [0.4, 0.5) is 5.69 Å². The van der Waals surface area contributed by atoms with Crippen LogP contribution in [0.15, 0.2) is 54.6 Å². The van der Waals surface area contributed by atoms with E-state index in [4.69, 9.17) is 39.5 Å². The normalized spacial score (nSPS) is 29.1. The summed E-state index contributed by atoms with van der Waals surface area (Å²) in [7, 11) is 0. The molecule has 2 bridgehead atoms. The SMILES string of the molecule is O=C(Nc1cc(Cl)cc(Cl)c1)[C@H]1[C@@H]2C=C[C@]3(O2)[C@@H]1C(=O)N(CCc1ccccc1Cl)[C@H]3C(=O)NC1CCCCC1. The molecule has 7 nitrogen and oxygen atoms in total. The molecule has 3 amide bonds. The number of hydrogen-bond donors (Lipinski definition) is 2. The van der Waals surface area contributed by atoms with Crippen molar-refractivity contribution >= 4 is 58.2 Å². The van der Waals surface area contributed by atoms with E-state index in [9.17, 15) is 14.4 Å². The molecule has 3 fully saturated rings. The number of halogens is 3. The van der Waals surface area contributed by atoms with E-state index >= 15 is 0 Å². The Morgan fingerprint density at radius 2 is 1.73 bits per heavy atom. The van der Waals surface area contributed by atoms with Crippen molar-refractivity contribution < 1.29 is 19.1 Å². The maximum absolute atomic E-state index is 14.1. The highest BCUT2D eigenvalue weighted by Crippen LogP contribution is 2.55. The first-order valence-electron chi connectivity index (χ1n) is 13.8. The Kier molecular flexibility index (Phi) is 7.59. The second-order valence-corrected chi connectivity index (χ2v) is 12.3. The van der Waals surface area contributed by atoms with E-state index < -0.39 is 29.6 Å².